The average molecular weight is 365 g/mol. The van der Waals surface area contributed by atoms with Gasteiger partial charge in [0, 0.05) is 22.4 Å². The van der Waals surface area contributed by atoms with Gasteiger partial charge in [0.2, 0.25) is 0 Å². The number of Topliss-reactive ketones (excluding diaryl/α,β-unsaturated/α-hetero) is 1. The fraction of sp³-hybridized carbons (Fsp3) is 0.762. The summed E-state index contributed by atoms with van der Waals surface area (Å²) in [5, 5.41) is 20.9. The first-order chi connectivity index (χ1) is 11.8. The molecule has 4 heteroatoms. The maximum atomic E-state index is 12.3. The van der Waals surface area contributed by atoms with Crippen LogP contribution in [0, 0.1) is 34.5 Å². The molecule has 0 bridgehead atoms. The van der Waals surface area contributed by atoms with Gasteiger partial charge in [0.1, 0.15) is 0 Å². The Labute approximate surface area is 155 Å². The van der Waals surface area contributed by atoms with Crippen molar-refractivity contribution >= 4 is 17.4 Å². The summed E-state index contributed by atoms with van der Waals surface area (Å²) in [7, 11) is 0. The van der Waals surface area contributed by atoms with Gasteiger partial charge in [-0.05, 0) is 67.6 Å². The molecule has 2 N–H and O–H groups in total. The first-order valence-electron chi connectivity index (χ1n) is 9.71. The van der Waals surface area contributed by atoms with Crippen LogP contribution in [0.5, 0.6) is 0 Å². The maximum absolute atomic E-state index is 12.3. The second-order valence-electron chi connectivity index (χ2n) is 9.39. The number of aliphatic hydroxyl groups excluding tert-OH is 2. The van der Waals surface area contributed by atoms with Crippen LogP contribution in [-0.4, -0.2) is 22.1 Å². The molecule has 3 fully saturated rings. The Bertz CT molecular complexity index is 654. The highest BCUT2D eigenvalue weighted by Crippen LogP contribution is 2.65. The minimum Gasteiger partial charge on any atom is -0.515 e. The third-order valence-electron chi connectivity index (χ3n) is 8.47. The highest BCUT2D eigenvalue weighted by atomic mass is 35.5. The Kier molecular flexibility index (Phi) is 4.12. The largest absolute Gasteiger partial charge is 0.515 e. The van der Waals surface area contributed by atoms with Crippen LogP contribution in [0.25, 0.3) is 0 Å². The van der Waals surface area contributed by atoms with E-state index in [1.165, 1.54) is 0 Å². The van der Waals surface area contributed by atoms with Crippen molar-refractivity contribution in [3.8, 4) is 0 Å². The van der Waals surface area contributed by atoms with Crippen LogP contribution >= 0.6 is 11.6 Å². The molecule has 4 rings (SSSR count). The minimum absolute atomic E-state index is 0.0859. The van der Waals surface area contributed by atoms with E-state index in [1.807, 2.05) is 6.08 Å². The second-order valence-corrected chi connectivity index (χ2v) is 9.82. The van der Waals surface area contributed by atoms with Crippen molar-refractivity contribution in [2.75, 3.05) is 0 Å². The summed E-state index contributed by atoms with van der Waals surface area (Å²) in [5.41, 5.74) is 0.568. The molecule has 0 heterocycles. The van der Waals surface area contributed by atoms with Crippen LogP contribution in [0.3, 0.4) is 0 Å². The van der Waals surface area contributed by atoms with Gasteiger partial charge in [-0.3, -0.25) is 4.79 Å². The third-order valence-corrected chi connectivity index (χ3v) is 8.83. The molecule has 138 valence electrons. The molecular weight excluding hydrogens is 336 g/mol. The zero-order chi connectivity index (χ0) is 18.0. The molecule has 3 nitrogen and oxygen atoms in total. The van der Waals surface area contributed by atoms with E-state index < -0.39 is 6.10 Å². The van der Waals surface area contributed by atoms with Gasteiger partial charge >= 0.3 is 0 Å². The Hall–Kier alpha value is -0.800. The predicted molar refractivity (Wildman–Crippen MR) is 98.2 cm³/mol. The van der Waals surface area contributed by atoms with Crippen molar-refractivity contribution in [1.29, 1.82) is 0 Å². The lowest BCUT2D eigenvalue weighted by Crippen LogP contribution is -2.57. The monoisotopic (exact) mass is 364 g/mol. The first kappa shape index (κ1) is 17.6. The third kappa shape index (κ3) is 2.38. The summed E-state index contributed by atoms with van der Waals surface area (Å²) in [4.78, 5) is 12.3. The van der Waals surface area contributed by atoms with Crippen LogP contribution in [0.2, 0.25) is 0 Å². The molecule has 0 aromatic heterocycles. The number of carbonyl (C=O) groups is 1. The summed E-state index contributed by atoms with van der Waals surface area (Å²) in [6.07, 6.45) is 9.08. The summed E-state index contributed by atoms with van der Waals surface area (Å²) >= 11 is 6.28. The lowest BCUT2D eigenvalue weighted by Gasteiger charge is -2.62. The van der Waals surface area contributed by atoms with Crippen molar-refractivity contribution < 1.29 is 15.0 Å². The van der Waals surface area contributed by atoms with Gasteiger partial charge in [-0.15, -0.1) is 0 Å². The zero-order valence-electron chi connectivity index (χ0n) is 15.2. The van der Waals surface area contributed by atoms with Crippen LogP contribution in [0.1, 0.15) is 58.8 Å². The van der Waals surface area contributed by atoms with Crippen molar-refractivity contribution in [3.63, 3.8) is 0 Å². The molecule has 0 spiro atoms. The molecule has 0 aromatic carbocycles. The number of hydrogen-bond acceptors (Lipinski definition) is 3. The van der Waals surface area contributed by atoms with Gasteiger partial charge in [0.05, 0.1) is 12.4 Å². The highest BCUT2D eigenvalue weighted by Gasteiger charge is 2.59. The van der Waals surface area contributed by atoms with Crippen LogP contribution in [-0.2, 0) is 4.79 Å². The number of hydrogen-bond donors (Lipinski definition) is 2. The van der Waals surface area contributed by atoms with Crippen molar-refractivity contribution in [3.05, 3.63) is 22.9 Å². The number of rotatable bonds is 0. The molecule has 25 heavy (non-hydrogen) atoms. The Morgan fingerprint density at radius 2 is 1.96 bits per heavy atom. The molecule has 0 unspecified atom stereocenters. The number of carbonyl (C=O) groups excluding carboxylic acids is 1. The van der Waals surface area contributed by atoms with E-state index in [0.717, 1.165) is 38.4 Å². The number of allylic oxidation sites excluding steroid dienone is 2. The standard InChI is InChI=1S/C21H29ClO3/c1-20-8-7-16-14(15(20)5-6-17(22)19(20)25)4-3-13-9-18(24)12(11-23)10-21(13,16)2/h6,11,13-16,19,23,25H,3-5,7-10H2,1-2H3/b12-11+/t13-,14-,15-,16-,19-,20-,21-/m0/s1. The Balaban J connectivity index is 1.68. The van der Waals surface area contributed by atoms with Gasteiger partial charge in [-0.1, -0.05) is 31.5 Å². The topological polar surface area (TPSA) is 57.5 Å². The number of aliphatic hydroxyl groups is 2. The van der Waals surface area contributed by atoms with Crippen LogP contribution in [0.4, 0.5) is 0 Å². The summed E-state index contributed by atoms with van der Waals surface area (Å²) < 4.78 is 0. The average Bonchev–Trinajstić information content (AvgIpc) is 2.58. The van der Waals surface area contributed by atoms with Gasteiger partial charge in [0.25, 0.3) is 0 Å². The molecule has 0 radical (unpaired) electrons. The fourth-order valence-electron chi connectivity index (χ4n) is 6.92. The molecule has 0 aliphatic heterocycles. The number of ketones is 1. The van der Waals surface area contributed by atoms with E-state index in [-0.39, 0.29) is 16.6 Å². The quantitative estimate of drug-likeness (QED) is 0.482. The Morgan fingerprint density at radius 1 is 1.20 bits per heavy atom. The maximum Gasteiger partial charge on any atom is 0.162 e. The molecule has 3 saturated carbocycles. The SMILES string of the molecule is C[C@]12C/C(=C\O)C(=O)C[C@@H]1CC[C@@H]1[C@@H]2CC[C@]2(C)[C@@H](O)C(Cl)=CC[C@@H]12. The van der Waals surface area contributed by atoms with E-state index in [4.69, 9.17) is 11.6 Å². The van der Waals surface area contributed by atoms with E-state index in [2.05, 4.69) is 13.8 Å². The smallest absolute Gasteiger partial charge is 0.162 e. The molecule has 0 aromatic rings. The fourth-order valence-corrected chi connectivity index (χ4v) is 7.26. The van der Waals surface area contributed by atoms with E-state index in [9.17, 15) is 15.0 Å². The first-order valence-corrected chi connectivity index (χ1v) is 10.1. The van der Waals surface area contributed by atoms with Crippen LogP contribution in [0.15, 0.2) is 22.9 Å². The summed E-state index contributed by atoms with van der Waals surface area (Å²) in [6.45, 7) is 4.56. The van der Waals surface area contributed by atoms with Gasteiger partial charge in [-0.2, -0.15) is 0 Å². The minimum atomic E-state index is -0.541. The van der Waals surface area contributed by atoms with Crippen molar-refractivity contribution in [2.24, 2.45) is 34.5 Å². The lowest BCUT2D eigenvalue weighted by molar-refractivity contribution is -0.143. The summed E-state index contributed by atoms with van der Waals surface area (Å²) in [6, 6.07) is 0. The van der Waals surface area contributed by atoms with Gasteiger partial charge in [-0.25, -0.2) is 0 Å². The number of halogens is 1. The molecule has 4 aliphatic carbocycles. The van der Waals surface area contributed by atoms with E-state index >= 15 is 0 Å². The zero-order valence-corrected chi connectivity index (χ0v) is 15.9. The normalized spacial score (nSPS) is 51.4. The molecular formula is C21H29ClO3. The predicted octanol–water partition coefficient (Wildman–Crippen LogP) is 4.74. The van der Waals surface area contributed by atoms with E-state index in [0.29, 0.717) is 47.1 Å². The van der Waals surface area contributed by atoms with E-state index in [1.54, 1.807) is 0 Å². The molecule has 4 aliphatic rings. The summed E-state index contributed by atoms with van der Waals surface area (Å²) in [5.74, 6) is 2.16. The number of fused-ring (bicyclic) bond motifs is 5. The highest BCUT2D eigenvalue weighted by molar-refractivity contribution is 6.30. The van der Waals surface area contributed by atoms with Crippen molar-refractivity contribution in [2.45, 2.75) is 64.9 Å². The van der Waals surface area contributed by atoms with Crippen LogP contribution < -0.4 is 0 Å². The van der Waals surface area contributed by atoms with Gasteiger partial charge in [0.15, 0.2) is 5.78 Å². The molecule has 7 atom stereocenters. The van der Waals surface area contributed by atoms with Gasteiger partial charge < -0.3 is 10.2 Å². The van der Waals surface area contributed by atoms with Crippen molar-refractivity contribution in [1.82, 2.24) is 0 Å². The lowest BCUT2D eigenvalue weighted by atomic mass is 9.43. The molecule has 0 saturated heterocycles. The Morgan fingerprint density at radius 3 is 2.68 bits per heavy atom. The second kappa shape index (κ2) is 5.85. The molecule has 0 amide bonds.